The van der Waals surface area contributed by atoms with Crippen molar-refractivity contribution in [3.63, 3.8) is 0 Å². The van der Waals surface area contributed by atoms with Crippen molar-refractivity contribution in [2.24, 2.45) is 5.73 Å². The second kappa shape index (κ2) is 2.57. The van der Waals surface area contributed by atoms with Gasteiger partial charge in [0.15, 0.2) is 0 Å². The summed E-state index contributed by atoms with van der Waals surface area (Å²) >= 11 is 0. The lowest BCUT2D eigenvalue weighted by Gasteiger charge is -2.13. The topological polar surface area (TPSA) is 52.0 Å². The van der Waals surface area contributed by atoms with Crippen LogP contribution in [-0.2, 0) is 5.54 Å². The summed E-state index contributed by atoms with van der Waals surface area (Å²) in [5.41, 5.74) is 6.31. The fraction of sp³-hybridized carbons (Fsp3) is 0.300. The van der Waals surface area contributed by atoms with E-state index in [1.165, 1.54) is 0 Å². The van der Waals surface area contributed by atoms with E-state index in [2.05, 4.69) is 4.98 Å². The molecule has 2 heterocycles. The van der Waals surface area contributed by atoms with Crippen LogP contribution in [0.3, 0.4) is 0 Å². The lowest BCUT2D eigenvalue weighted by molar-refractivity contribution is 0.413. The summed E-state index contributed by atoms with van der Waals surface area (Å²) in [4.78, 5) is 4.01. The van der Waals surface area contributed by atoms with Gasteiger partial charge < -0.3 is 10.2 Å². The number of hydrogen-bond donors (Lipinski definition) is 1. The highest BCUT2D eigenvalue weighted by Crippen LogP contribution is 2.24. The maximum atomic E-state index is 5.91. The Kier molecular flexibility index (Phi) is 1.63. The molecule has 2 rings (SSSR count). The molecule has 0 radical (unpaired) electrons. The first-order valence-electron chi connectivity index (χ1n) is 4.20. The van der Waals surface area contributed by atoms with E-state index in [1.54, 1.807) is 12.4 Å². The van der Waals surface area contributed by atoms with Crippen LogP contribution in [0.4, 0.5) is 0 Å². The Bertz CT molecular complexity index is 393. The van der Waals surface area contributed by atoms with Crippen molar-refractivity contribution in [3.8, 4) is 0 Å². The number of pyridine rings is 1. The molecular weight excluding hydrogens is 164 g/mol. The maximum absolute atomic E-state index is 5.91. The van der Waals surface area contributed by atoms with E-state index >= 15 is 0 Å². The molecule has 0 aromatic carbocycles. The Morgan fingerprint density at radius 3 is 2.85 bits per heavy atom. The van der Waals surface area contributed by atoms with Gasteiger partial charge >= 0.3 is 0 Å². The Labute approximate surface area is 76.6 Å². The van der Waals surface area contributed by atoms with Crippen molar-refractivity contribution in [2.75, 3.05) is 0 Å². The molecule has 2 N–H and O–H groups in total. The molecule has 0 saturated carbocycles. The van der Waals surface area contributed by atoms with Crippen molar-refractivity contribution in [3.05, 3.63) is 30.3 Å². The molecule has 3 heteroatoms. The molecule has 3 nitrogen and oxygen atoms in total. The smallest absolute Gasteiger partial charge is 0.137 e. The van der Waals surface area contributed by atoms with E-state index < -0.39 is 5.54 Å². The van der Waals surface area contributed by atoms with Crippen molar-refractivity contribution in [1.29, 1.82) is 0 Å². The molecule has 0 saturated heterocycles. The second-order valence-electron chi connectivity index (χ2n) is 3.75. The number of nitrogens with zero attached hydrogens (tertiary/aromatic N) is 1. The standard InChI is InChI=1S/C10H12N2O/c1-10(2,11)9-5-7-6-12-4-3-8(7)13-9/h3-6H,11H2,1-2H3. The minimum absolute atomic E-state index is 0.432. The Morgan fingerprint density at radius 2 is 2.23 bits per heavy atom. The maximum Gasteiger partial charge on any atom is 0.137 e. The zero-order valence-electron chi connectivity index (χ0n) is 7.74. The van der Waals surface area contributed by atoms with Gasteiger partial charge in [-0.25, -0.2) is 0 Å². The molecule has 2 aromatic rings. The van der Waals surface area contributed by atoms with Gasteiger partial charge in [-0.05, 0) is 26.0 Å². The van der Waals surface area contributed by atoms with Gasteiger partial charge in [-0.3, -0.25) is 4.98 Å². The van der Waals surface area contributed by atoms with Crippen LogP contribution in [0.5, 0.6) is 0 Å². The quantitative estimate of drug-likeness (QED) is 0.723. The molecule has 0 amide bonds. The first kappa shape index (κ1) is 8.26. The summed E-state index contributed by atoms with van der Waals surface area (Å²) in [5.74, 6) is 0.788. The van der Waals surface area contributed by atoms with Crippen LogP contribution in [-0.4, -0.2) is 4.98 Å². The van der Waals surface area contributed by atoms with Crippen LogP contribution in [0, 0.1) is 0 Å². The summed E-state index contributed by atoms with van der Waals surface area (Å²) in [6.07, 6.45) is 3.48. The molecule has 2 aromatic heterocycles. The first-order chi connectivity index (χ1) is 6.07. The number of rotatable bonds is 1. The summed E-state index contributed by atoms with van der Waals surface area (Å²) in [6.45, 7) is 3.83. The van der Waals surface area contributed by atoms with E-state index in [0.717, 1.165) is 16.7 Å². The lowest BCUT2D eigenvalue weighted by atomic mass is 10.0. The molecule has 68 valence electrons. The number of aromatic nitrogens is 1. The minimum atomic E-state index is -0.432. The van der Waals surface area contributed by atoms with Gasteiger partial charge in [-0.1, -0.05) is 0 Å². The molecule has 13 heavy (non-hydrogen) atoms. The fourth-order valence-corrected chi connectivity index (χ4v) is 1.20. The SMILES string of the molecule is CC(C)(N)c1cc2cnccc2o1. The Hall–Kier alpha value is -1.35. The molecular formula is C10H12N2O. The van der Waals surface area contributed by atoms with Crippen molar-refractivity contribution >= 4 is 11.0 Å². The summed E-state index contributed by atoms with van der Waals surface area (Å²) in [5, 5.41) is 0.996. The number of furan rings is 1. The van der Waals surface area contributed by atoms with Crippen molar-refractivity contribution in [1.82, 2.24) is 4.98 Å². The summed E-state index contributed by atoms with van der Waals surface area (Å²) < 4.78 is 5.57. The van der Waals surface area contributed by atoms with Crippen molar-refractivity contribution < 1.29 is 4.42 Å². The summed E-state index contributed by atoms with van der Waals surface area (Å²) in [6, 6.07) is 3.77. The Balaban J connectivity index is 2.63. The number of hydrogen-bond acceptors (Lipinski definition) is 3. The fourth-order valence-electron chi connectivity index (χ4n) is 1.20. The van der Waals surface area contributed by atoms with Gasteiger partial charge in [0.05, 0.1) is 5.54 Å². The van der Waals surface area contributed by atoms with Gasteiger partial charge in [0, 0.05) is 17.8 Å². The van der Waals surface area contributed by atoms with E-state index in [-0.39, 0.29) is 0 Å². The molecule has 0 bridgehead atoms. The van der Waals surface area contributed by atoms with E-state index in [9.17, 15) is 0 Å². The predicted molar refractivity (Wildman–Crippen MR) is 51.2 cm³/mol. The Morgan fingerprint density at radius 1 is 1.46 bits per heavy atom. The van der Waals surface area contributed by atoms with E-state index in [1.807, 2.05) is 26.0 Å². The highest BCUT2D eigenvalue weighted by Gasteiger charge is 2.18. The van der Waals surface area contributed by atoms with Gasteiger partial charge in [0.25, 0.3) is 0 Å². The summed E-state index contributed by atoms with van der Waals surface area (Å²) in [7, 11) is 0. The number of fused-ring (bicyclic) bond motifs is 1. The average molecular weight is 176 g/mol. The zero-order valence-corrected chi connectivity index (χ0v) is 7.74. The predicted octanol–water partition coefficient (Wildman–Crippen LogP) is 2.02. The monoisotopic (exact) mass is 176 g/mol. The van der Waals surface area contributed by atoms with Gasteiger partial charge in [0.1, 0.15) is 11.3 Å². The lowest BCUT2D eigenvalue weighted by Crippen LogP contribution is -2.27. The van der Waals surface area contributed by atoms with E-state index in [0.29, 0.717) is 0 Å². The van der Waals surface area contributed by atoms with Gasteiger partial charge in [0.2, 0.25) is 0 Å². The number of nitrogens with two attached hydrogens (primary N) is 1. The largest absolute Gasteiger partial charge is 0.459 e. The molecule has 0 atom stereocenters. The molecule has 0 fully saturated rings. The molecule has 0 aliphatic carbocycles. The van der Waals surface area contributed by atoms with E-state index in [4.69, 9.17) is 10.2 Å². The van der Waals surface area contributed by atoms with Crippen LogP contribution < -0.4 is 5.73 Å². The molecule has 0 spiro atoms. The highest BCUT2D eigenvalue weighted by atomic mass is 16.3. The zero-order chi connectivity index (χ0) is 9.47. The third-order valence-corrected chi connectivity index (χ3v) is 1.95. The van der Waals surface area contributed by atoms with Gasteiger partial charge in [-0.15, -0.1) is 0 Å². The van der Waals surface area contributed by atoms with Crippen LogP contribution in [0.15, 0.2) is 28.9 Å². The highest BCUT2D eigenvalue weighted by molar-refractivity contribution is 5.76. The van der Waals surface area contributed by atoms with Crippen LogP contribution in [0.2, 0.25) is 0 Å². The van der Waals surface area contributed by atoms with Crippen LogP contribution in [0.1, 0.15) is 19.6 Å². The molecule has 0 unspecified atom stereocenters. The van der Waals surface area contributed by atoms with Crippen LogP contribution >= 0.6 is 0 Å². The third-order valence-electron chi connectivity index (χ3n) is 1.95. The van der Waals surface area contributed by atoms with Crippen molar-refractivity contribution in [2.45, 2.75) is 19.4 Å². The average Bonchev–Trinajstić information content (AvgIpc) is 2.45. The normalized spacial score (nSPS) is 12.2. The first-order valence-corrected chi connectivity index (χ1v) is 4.20. The van der Waals surface area contributed by atoms with Gasteiger partial charge in [-0.2, -0.15) is 0 Å². The molecule has 0 aliphatic rings. The third kappa shape index (κ3) is 1.42. The molecule has 0 aliphatic heterocycles. The minimum Gasteiger partial charge on any atom is -0.459 e. The van der Waals surface area contributed by atoms with Crippen LogP contribution in [0.25, 0.3) is 11.0 Å². The second-order valence-corrected chi connectivity index (χ2v) is 3.75.